The molecule has 1 saturated heterocycles. The van der Waals surface area contributed by atoms with Crippen LogP contribution >= 0.6 is 0 Å². The summed E-state index contributed by atoms with van der Waals surface area (Å²) in [5.41, 5.74) is 0. The summed E-state index contributed by atoms with van der Waals surface area (Å²) in [4.78, 5) is 25.8. The molecule has 0 bridgehead atoms. The molecule has 0 aromatic carbocycles. The van der Waals surface area contributed by atoms with Gasteiger partial charge in [0.15, 0.2) is 0 Å². The topological polar surface area (TPSA) is 72.9 Å². The van der Waals surface area contributed by atoms with Crippen LogP contribution in [0.5, 0.6) is 0 Å². The lowest BCUT2D eigenvalue weighted by Crippen LogP contribution is -2.47. The zero-order valence-corrected chi connectivity index (χ0v) is 10.5. The molecule has 6 nitrogen and oxygen atoms in total. The van der Waals surface area contributed by atoms with E-state index < -0.39 is 12.0 Å². The van der Waals surface area contributed by atoms with Crippen molar-refractivity contribution < 1.29 is 14.7 Å². The summed E-state index contributed by atoms with van der Waals surface area (Å²) in [6.07, 6.45) is 2.45. The highest BCUT2D eigenvalue weighted by molar-refractivity contribution is 5.82. The first-order valence-electron chi connectivity index (χ1n) is 5.98. The molecule has 1 fully saturated rings. The number of nitrogens with one attached hydrogen (secondary N) is 1. The van der Waals surface area contributed by atoms with Crippen molar-refractivity contribution in [2.75, 3.05) is 33.2 Å². The zero-order chi connectivity index (χ0) is 12.8. The van der Waals surface area contributed by atoms with E-state index in [-0.39, 0.29) is 6.03 Å². The largest absolute Gasteiger partial charge is 0.480 e. The fraction of sp³-hybridized carbons (Fsp3) is 0.818. The van der Waals surface area contributed by atoms with Gasteiger partial charge in [-0.15, -0.1) is 0 Å². The van der Waals surface area contributed by atoms with E-state index in [2.05, 4.69) is 10.2 Å². The van der Waals surface area contributed by atoms with Crippen molar-refractivity contribution in [1.82, 2.24) is 15.1 Å². The minimum absolute atomic E-state index is 0.334. The van der Waals surface area contributed by atoms with E-state index >= 15 is 0 Å². The summed E-state index contributed by atoms with van der Waals surface area (Å²) in [6.45, 7) is 5.08. The van der Waals surface area contributed by atoms with Crippen molar-refractivity contribution in [1.29, 1.82) is 0 Å². The van der Waals surface area contributed by atoms with Gasteiger partial charge in [-0.2, -0.15) is 0 Å². The van der Waals surface area contributed by atoms with E-state index in [1.165, 1.54) is 31.7 Å². The number of likely N-dealkylation sites (tertiary alicyclic amines) is 1. The van der Waals surface area contributed by atoms with E-state index in [0.717, 1.165) is 19.6 Å². The number of carboxylic acid groups (broad SMARTS) is 1. The minimum Gasteiger partial charge on any atom is -0.480 e. The fourth-order valence-electron chi connectivity index (χ4n) is 1.79. The van der Waals surface area contributed by atoms with Crippen molar-refractivity contribution in [3.05, 3.63) is 0 Å². The van der Waals surface area contributed by atoms with Crippen LogP contribution in [0.25, 0.3) is 0 Å². The molecule has 0 spiro atoms. The minimum atomic E-state index is -0.998. The van der Waals surface area contributed by atoms with Gasteiger partial charge in [-0.1, -0.05) is 0 Å². The van der Waals surface area contributed by atoms with Gasteiger partial charge in [0.05, 0.1) is 0 Å². The first-order chi connectivity index (χ1) is 8.02. The predicted octanol–water partition coefficient (Wildman–Crippen LogP) is 0.197. The highest BCUT2D eigenvalue weighted by Crippen LogP contribution is 2.05. The third kappa shape index (κ3) is 4.22. The number of likely N-dealkylation sites (N-methyl/N-ethyl adjacent to an activating group) is 1. The molecule has 1 unspecified atom stereocenters. The summed E-state index contributed by atoms with van der Waals surface area (Å²) in [6, 6.07) is -1.14. The number of aliphatic carboxylic acids is 1. The van der Waals surface area contributed by atoms with Gasteiger partial charge >= 0.3 is 12.0 Å². The maximum absolute atomic E-state index is 11.6. The molecule has 17 heavy (non-hydrogen) atoms. The molecule has 1 rings (SSSR count). The lowest BCUT2D eigenvalue weighted by Gasteiger charge is -2.22. The zero-order valence-electron chi connectivity index (χ0n) is 10.5. The quantitative estimate of drug-likeness (QED) is 0.723. The van der Waals surface area contributed by atoms with Crippen molar-refractivity contribution >= 4 is 12.0 Å². The van der Waals surface area contributed by atoms with Crippen molar-refractivity contribution in [3.8, 4) is 0 Å². The van der Waals surface area contributed by atoms with Gasteiger partial charge in [0.1, 0.15) is 6.04 Å². The number of nitrogens with zero attached hydrogens (tertiary/aromatic N) is 2. The lowest BCUT2D eigenvalue weighted by atomic mass is 10.3. The maximum Gasteiger partial charge on any atom is 0.326 e. The third-order valence-electron chi connectivity index (χ3n) is 3.16. The smallest absolute Gasteiger partial charge is 0.326 e. The van der Waals surface area contributed by atoms with Gasteiger partial charge in [-0.05, 0) is 32.9 Å². The highest BCUT2D eigenvalue weighted by atomic mass is 16.4. The normalized spacial score (nSPS) is 17.8. The molecule has 0 aliphatic carbocycles. The number of rotatable bonds is 5. The van der Waals surface area contributed by atoms with Crippen LogP contribution < -0.4 is 5.32 Å². The van der Waals surface area contributed by atoms with Gasteiger partial charge in [-0.25, -0.2) is 9.59 Å². The van der Waals surface area contributed by atoms with Crippen LogP contribution in [-0.2, 0) is 4.79 Å². The van der Waals surface area contributed by atoms with Crippen LogP contribution in [0.2, 0.25) is 0 Å². The summed E-state index contributed by atoms with van der Waals surface area (Å²) in [7, 11) is 1.49. The Labute approximate surface area is 102 Å². The molecule has 0 radical (unpaired) electrons. The number of amides is 2. The first kappa shape index (κ1) is 13.8. The SMILES string of the molecule is CC(C(=O)O)N(C)C(=O)NCCN1CCCC1. The second kappa shape index (κ2) is 6.44. The van der Waals surface area contributed by atoms with Crippen LogP contribution in [0.3, 0.4) is 0 Å². The predicted molar refractivity (Wildman–Crippen MR) is 63.9 cm³/mol. The van der Waals surface area contributed by atoms with Crippen molar-refractivity contribution in [3.63, 3.8) is 0 Å². The van der Waals surface area contributed by atoms with Gasteiger partial charge in [0.25, 0.3) is 0 Å². The fourth-order valence-corrected chi connectivity index (χ4v) is 1.79. The van der Waals surface area contributed by atoms with E-state index in [4.69, 9.17) is 5.11 Å². The Morgan fingerprint density at radius 3 is 2.53 bits per heavy atom. The molecule has 0 aromatic rings. The first-order valence-corrected chi connectivity index (χ1v) is 5.98. The third-order valence-corrected chi connectivity index (χ3v) is 3.16. The second-order valence-electron chi connectivity index (χ2n) is 4.41. The van der Waals surface area contributed by atoms with Gasteiger partial charge in [0.2, 0.25) is 0 Å². The summed E-state index contributed by atoms with van der Waals surface area (Å²) < 4.78 is 0. The number of hydrogen-bond donors (Lipinski definition) is 2. The Bertz CT molecular complexity index is 277. The highest BCUT2D eigenvalue weighted by Gasteiger charge is 2.21. The number of carbonyl (C=O) groups excluding carboxylic acids is 1. The number of carboxylic acids is 1. The number of urea groups is 1. The number of carbonyl (C=O) groups is 2. The monoisotopic (exact) mass is 243 g/mol. The standard InChI is InChI=1S/C11H21N3O3/c1-9(10(15)16)13(2)11(17)12-5-8-14-6-3-4-7-14/h9H,3-8H2,1-2H3,(H,12,17)(H,15,16). The molecule has 1 atom stereocenters. The molecular formula is C11H21N3O3. The second-order valence-corrected chi connectivity index (χ2v) is 4.41. The average Bonchev–Trinajstić information content (AvgIpc) is 2.79. The maximum atomic E-state index is 11.6. The van der Waals surface area contributed by atoms with Gasteiger partial charge < -0.3 is 20.2 Å². The molecule has 1 heterocycles. The summed E-state index contributed by atoms with van der Waals surface area (Å²) in [5, 5.41) is 11.5. The molecule has 6 heteroatoms. The Kier molecular flexibility index (Phi) is 5.21. The van der Waals surface area contributed by atoms with Gasteiger partial charge in [0, 0.05) is 20.1 Å². The van der Waals surface area contributed by atoms with Crippen LogP contribution in [0.4, 0.5) is 4.79 Å². The Balaban J connectivity index is 2.21. The molecule has 98 valence electrons. The van der Waals surface area contributed by atoms with E-state index in [1.807, 2.05) is 0 Å². The Morgan fingerprint density at radius 2 is 2.00 bits per heavy atom. The van der Waals surface area contributed by atoms with Crippen LogP contribution in [0, 0.1) is 0 Å². The molecule has 0 aromatic heterocycles. The Morgan fingerprint density at radius 1 is 1.41 bits per heavy atom. The summed E-state index contributed by atoms with van der Waals surface area (Å²) >= 11 is 0. The lowest BCUT2D eigenvalue weighted by molar-refractivity contribution is -0.141. The molecule has 2 N–H and O–H groups in total. The van der Waals surface area contributed by atoms with E-state index in [0.29, 0.717) is 6.54 Å². The summed E-state index contributed by atoms with van der Waals surface area (Å²) in [5.74, 6) is -0.998. The van der Waals surface area contributed by atoms with E-state index in [9.17, 15) is 9.59 Å². The van der Waals surface area contributed by atoms with Crippen LogP contribution in [0.15, 0.2) is 0 Å². The number of hydrogen-bond acceptors (Lipinski definition) is 3. The molecule has 1 aliphatic heterocycles. The average molecular weight is 243 g/mol. The van der Waals surface area contributed by atoms with E-state index in [1.54, 1.807) is 0 Å². The molecule has 2 amide bonds. The van der Waals surface area contributed by atoms with Crippen LogP contribution in [-0.4, -0.2) is 66.2 Å². The van der Waals surface area contributed by atoms with Crippen molar-refractivity contribution in [2.45, 2.75) is 25.8 Å². The van der Waals surface area contributed by atoms with Crippen molar-refractivity contribution in [2.24, 2.45) is 0 Å². The van der Waals surface area contributed by atoms with Gasteiger partial charge in [-0.3, -0.25) is 0 Å². The molecule has 0 saturated carbocycles. The molecular weight excluding hydrogens is 222 g/mol. The Hall–Kier alpha value is -1.30. The van der Waals surface area contributed by atoms with Crippen LogP contribution in [0.1, 0.15) is 19.8 Å². The molecule has 1 aliphatic rings.